The van der Waals surface area contributed by atoms with Gasteiger partial charge in [0.2, 0.25) is 5.91 Å². The number of anilines is 1. The Balaban J connectivity index is 0.00000180. The van der Waals surface area contributed by atoms with E-state index in [4.69, 9.17) is 0 Å². The first-order chi connectivity index (χ1) is 8.75. The monoisotopic (exact) mass is 287 g/mol. The fourth-order valence-electron chi connectivity index (χ4n) is 2.02. The number of rotatable bonds is 3. The molecule has 1 aromatic rings. The SMILES string of the molecule is Cl.O=C(CN1CCCNCC1)Nc1ccccc1F. The molecule has 106 valence electrons. The van der Waals surface area contributed by atoms with E-state index in [2.05, 4.69) is 15.5 Å². The Kier molecular flexibility index (Phi) is 6.77. The lowest BCUT2D eigenvalue weighted by Gasteiger charge is -2.18. The summed E-state index contributed by atoms with van der Waals surface area (Å²) in [5, 5.41) is 5.88. The van der Waals surface area contributed by atoms with Crippen molar-refractivity contribution >= 4 is 24.0 Å². The minimum atomic E-state index is -0.400. The summed E-state index contributed by atoms with van der Waals surface area (Å²) in [6.07, 6.45) is 1.03. The number of nitrogens with one attached hydrogen (secondary N) is 2. The van der Waals surface area contributed by atoms with Gasteiger partial charge in [0.1, 0.15) is 5.82 Å². The van der Waals surface area contributed by atoms with E-state index >= 15 is 0 Å². The summed E-state index contributed by atoms with van der Waals surface area (Å²) in [6.45, 7) is 3.96. The Morgan fingerprint density at radius 3 is 2.89 bits per heavy atom. The Morgan fingerprint density at radius 2 is 2.11 bits per heavy atom. The predicted octanol–water partition coefficient (Wildman–Crippen LogP) is 1.48. The molecule has 1 fully saturated rings. The standard InChI is InChI=1S/C13H18FN3O.ClH/c14-11-4-1-2-5-12(11)16-13(18)10-17-8-3-6-15-7-9-17;/h1-2,4-5,15H,3,6-10H2,(H,16,18);1H. The smallest absolute Gasteiger partial charge is 0.238 e. The second kappa shape index (κ2) is 8.09. The van der Waals surface area contributed by atoms with Gasteiger partial charge >= 0.3 is 0 Å². The fourth-order valence-corrected chi connectivity index (χ4v) is 2.02. The van der Waals surface area contributed by atoms with Gasteiger partial charge in [-0.05, 0) is 31.6 Å². The molecule has 0 bridgehead atoms. The molecule has 1 amide bonds. The maximum atomic E-state index is 13.4. The molecule has 1 heterocycles. The van der Waals surface area contributed by atoms with Crippen LogP contribution in [0.25, 0.3) is 0 Å². The van der Waals surface area contributed by atoms with E-state index in [1.165, 1.54) is 6.07 Å². The van der Waals surface area contributed by atoms with Crippen LogP contribution in [-0.4, -0.2) is 43.5 Å². The third-order valence-electron chi connectivity index (χ3n) is 2.95. The third kappa shape index (κ3) is 5.14. The summed E-state index contributed by atoms with van der Waals surface area (Å²) in [5.74, 6) is -0.564. The highest BCUT2D eigenvalue weighted by Gasteiger charge is 2.13. The first-order valence-corrected chi connectivity index (χ1v) is 6.23. The summed E-state index contributed by atoms with van der Waals surface area (Å²) in [5.41, 5.74) is 0.246. The van der Waals surface area contributed by atoms with Gasteiger partial charge in [0.15, 0.2) is 0 Å². The normalized spacial score (nSPS) is 16.3. The number of benzene rings is 1. The lowest BCUT2D eigenvalue weighted by Crippen LogP contribution is -2.35. The lowest BCUT2D eigenvalue weighted by atomic mass is 10.3. The summed E-state index contributed by atoms with van der Waals surface area (Å²) in [7, 11) is 0. The first kappa shape index (κ1) is 15.9. The van der Waals surface area contributed by atoms with Crippen molar-refractivity contribution in [1.29, 1.82) is 0 Å². The van der Waals surface area contributed by atoms with Crippen LogP contribution in [0.2, 0.25) is 0 Å². The Hall–Kier alpha value is -1.17. The molecule has 0 atom stereocenters. The van der Waals surface area contributed by atoms with Crippen LogP contribution in [0.4, 0.5) is 10.1 Å². The van der Waals surface area contributed by atoms with Crippen molar-refractivity contribution in [2.75, 3.05) is 38.0 Å². The molecule has 1 aliphatic heterocycles. The number of amides is 1. The number of para-hydroxylation sites is 1. The summed E-state index contributed by atoms with van der Waals surface area (Å²) in [4.78, 5) is 13.9. The van der Waals surface area contributed by atoms with Crippen LogP contribution in [0, 0.1) is 5.82 Å². The number of nitrogens with zero attached hydrogens (tertiary/aromatic N) is 1. The van der Waals surface area contributed by atoms with E-state index in [1.54, 1.807) is 18.2 Å². The number of carbonyl (C=O) groups is 1. The highest BCUT2D eigenvalue weighted by molar-refractivity contribution is 5.92. The van der Waals surface area contributed by atoms with E-state index in [-0.39, 0.29) is 24.0 Å². The highest BCUT2D eigenvalue weighted by atomic mass is 35.5. The van der Waals surface area contributed by atoms with E-state index in [9.17, 15) is 9.18 Å². The number of halogens is 2. The lowest BCUT2D eigenvalue weighted by molar-refractivity contribution is -0.117. The molecule has 2 rings (SSSR count). The molecule has 1 aliphatic rings. The van der Waals surface area contributed by atoms with Crippen molar-refractivity contribution in [1.82, 2.24) is 10.2 Å². The zero-order valence-electron chi connectivity index (χ0n) is 10.7. The van der Waals surface area contributed by atoms with E-state index in [1.807, 2.05) is 0 Å². The Morgan fingerprint density at radius 1 is 1.32 bits per heavy atom. The van der Waals surface area contributed by atoms with E-state index in [0.29, 0.717) is 6.54 Å². The van der Waals surface area contributed by atoms with Crippen LogP contribution in [0.1, 0.15) is 6.42 Å². The zero-order chi connectivity index (χ0) is 12.8. The topological polar surface area (TPSA) is 44.4 Å². The molecule has 1 aromatic carbocycles. The third-order valence-corrected chi connectivity index (χ3v) is 2.95. The van der Waals surface area contributed by atoms with Gasteiger partial charge in [-0.1, -0.05) is 12.1 Å². The second-order valence-corrected chi connectivity index (χ2v) is 4.41. The van der Waals surface area contributed by atoms with Gasteiger partial charge in [-0.15, -0.1) is 12.4 Å². The average Bonchev–Trinajstić information content (AvgIpc) is 2.61. The molecule has 0 aliphatic carbocycles. The van der Waals surface area contributed by atoms with Crippen LogP contribution in [0.5, 0.6) is 0 Å². The van der Waals surface area contributed by atoms with E-state index in [0.717, 1.165) is 32.6 Å². The Bertz CT molecular complexity index is 409. The molecular weight excluding hydrogens is 269 g/mol. The van der Waals surface area contributed by atoms with E-state index < -0.39 is 5.82 Å². The fraction of sp³-hybridized carbons (Fsp3) is 0.462. The van der Waals surface area contributed by atoms with Gasteiger partial charge in [0, 0.05) is 13.1 Å². The Labute approximate surface area is 118 Å². The molecule has 0 aromatic heterocycles. The minimum Gasteiger partial charge on any atom is -0.322 e. The summed E-state index contributed by atoms with van der Waals surface area (Å²) in [6, 6.07) is 6.21. The maximum Gasteiger partial charge on any atom is 0.238 e. The van der Waals surface area contributed by atoms with Crippen LogP contribution in [-0.2, 0) is 4.79 Å². The quantitative estimate of drug-likeness (QED) is 0.885. The summed E-state index contributed by atoms with van der Waals surface area (Å²) < 4.78 is 13.4. The predicted molar refractivity (Wildman–Crippen MR) is 76.2 cm³/mol. The first-order valence-electron chi connectivity index (χ1n) is 6.23. The van der Waals surface area contributed by atoms with Gasteiger partial charge in [0.05, 0.1) is 12.2 Å². The average molecular weight is 288 g/mol. The van der Waals surface area contributed by atoms with Gasteiger partial charge in [-0.25, -0.2) is 4.39 Å². The molecule has 0 saturated carbocycles. The minimum absolute atomic E-state index is 0. The molecule has 6 heteroatoms. The van der Waals surface area contributed by atoms with Crippen molar-refractivity contribution in [3.05, 3.63) is 30.1 Å². The largest absolute Gasteiger partial charge is 0.322 e. The van der Waals surface area contributed by atoms with Crippen LogP contribution < -0.4 is 10.6 Å². The van der Waals surface area contributed by atoms with Gasteiger partial charge < -0.3 is 10.6 Å². The van der Waals surface area contributed by atoms with Crippen molar-refractivity contribution in [2.24, 2.45) is 0 Å². The molecule has 0 unspecified atom stereocenters. The molecule has 0 spiro atoms. The number of carbonyl (C=O) groups excluding carboxylic acids is 1. The molecule has 19 heavy (non-hydrogen) atoms. The number of hydrogen-bond donors (Lipinski definition) is 2. The second-order valence-electron chi connectivity index (χ2n) is 4.41. The van der Waals surface area contributed by atoms with Gasteiger partial charge in [0.25, 0.3) is 0 Å². The molecular formula is C13H19ClFN3O. The highest BCUT2D eigenvalue weighted by Crippen LogP contribution is 2.12. The van der Waals surface area contributed by atoms with Crippen molar-refractivity contribution in [2.45, 2.75) is 6.42 Å². The van der Waals surface area contributed by atoms with Crippen LogP contribution in [0.15, 0.2) is 24.3 Å². The molecule has 2 N–H and O–H groups in total. The van der Waals surface area contributed by atoms with Crippen molar-refractivity contribution in [3.8, 4) is 0 Å². The van der Waals surface area contributed by atoms with Crippen LogP contribution in [0.3, 0.4) is 0 Å². The number of hydrogen-bond acceptors (Lipinski definition) is 3. The van der Waals surface area contributed by atoms with Gasteiger partial charge in [-0.2, -0.15) is 0 Å². The van der Waals surface area contributed by atoms with Crippen LogP contribution >= 0.6 is 12.4 Å². The molecule has 4 nitrogen and oxygen atoms in total. The zero-order valence-corrected chi connectivity index (χ0v) is 11.5. The summed E-state index contributed by atoms with van der Waals surface area (Å²) >= 11 is 0. The van der Waals surface area contributed by atoms with Gasteiger partial charge in [-0.3, -0.25) is 9.69 Å². The molecule has 0 radical (unpaired) electrons. The van der Waals surface area contributed by atoms with Crippen molar-refractivity contribution in [3.63, 3.8) is 0 Å². The molecule has 1 saturated heterocycles. The maximum absolute atomic E-state index is 13.4. The van der Waals surface area contributed by atoms with Crippen molar-refractivity contribution < 1.29 is 9.18 Å².